The van der Waals surface area contributed by atoms with Crippen molar-refractivity contribution >= 4 is 35.2 Å². The van der Waals surface area contributed by atoms with E-state index in [4.69, 9.17) is 0 Å². The Balaban J connectivity index is 1.68. The van der Waals surface area contributed by atoms with Crippen LogP contribution in [0, 0.1) is 12.7 Å². The molecule has 3 aromatic rings. The Kier molecular flexibility index (Phi) is 7.33. The molecule has 3 heterocycles. The number of halogens is 3. The molecule has 0 spiro atoms. The molecule has 192 valence electrons. The van der Waals surface area contributed by atoms with Crippen molar-refractivity contribution in [3.8, 4) is 0 Å². The van der Waals surface area contributed by atoms with E-state index in [1.807, 2.05) is 5.32 Å². The molecule has 2 aromatic heterocycles. The molecule has 0 radical (unpaired) electrons. The van der Waals surface area contributed by atoms with Gasteiger partial charge < -0.3 is 20.5 Å². The number of alkyl halides is 2. The topological polar surface area (TPSA) is 109 Å². The lowest BCUT2D eigenvalue weighted by Gasteiger charge is -2.24. The van der Waals surface area contributed by atoms with Gasteiger partial charge in [0, 0.05) is 43.3 Å². The van der Waals surface area contributed by atoms with Crippen LogP contribution in [0.5, 0.6) is 0 Å². The summed E-state index contributed by atoms with van der Waals surface area (Å²) in [6.07, 6.45) is 2.56. The monoisotopic (exact) mass is 520 g/mol. The van der Waals surface area contributed by atoms with Crippen LogP contribution in [-0.4, -0.2) is 52.8 Å². The zero-order valence-electron chi connectivity index (χ0n) is 20.2. The van der Waals surface area contributed by atoms with Crippen LogP contribution < -0.4 is 21.4 Å². The van der Waals surface area contributed by atoms with Gasteiger partial charge in [0.1, 0.15) is 30.0 Å². The van der Waals surface area contributed by atoms with Gasteiger partial charge >= 0.3 is 0 Å². The number of anilines is 1. The van der Waals surface area contributed by atoms with Gasteiger partial charge in [0.05, 0.1) is 29.9 Å². The smallest absolute Gasteiger partial charge is 0.292 e. The third-order valence-electron chi connectivity index (χ3n) is 6.20. The van der Waals surface area contributed by atoms with Gasteiger partial charge in [-0.3, -0.25) is 9.78 Å². The van der Waals surface area contributed by atoms with Crippen LogP contribution in [0.25, 0.3) is 10.9 Å². The lowest BCUT2D eigenvalue weighted by molar-refractivity contribution is -0.121. The molecule has 1 aromatic carbocycles. The van der Waals surface area contributed by atoms with Crippen LogP contribution in [0.3, 0.4) is 0 Å². The summed E-state index contributed by atoms with van der Waals surface area (Å²) in [5, 5.41) is 8.93. The van der Waals surface area contributed by atoms with Crippen molar-refractivity contribution in [2.45, 2.75) is 32.7 Å². The van der Waals surface area contributed by atoms with Crippen LogP contribution in [0.2, 0.25) is 0 Å². The average molecular weight is 520 g/mol. The molecule has 12 heteroatoms. The van der Waals surface area contributed by atoms with Gasteiger partial charge in [0.15, 0.2) is 0 Å². The van der Waals surface area contributed by atoms with E-state index in [9.17, 15) is 18.1 Å². The van der Waals surface area contributed by atoms with Gasteiger partial charge in [-0.05, 0) is 26.0 Å². The van der Waals surface area contributed by atoms with E-state index in [0.29, 0.717) is 53.4 Å². The number of carbonyl (C=O) groups is 1. The number of carbonyl (C=O) groups excluding carboxylic acids is 1. The fourth-order valence-electron chi connectivity index (χ4n) is 4.24. The maximum atomic E-state index is 15.3. The second-order valence-electron chi connectivity index (χ2n) is 8.95. The standard InChI is InChI=1S/C24H28F3N6O2P/c1-14(17-5-4-6-19(22(17)25)24(26,27)13-30-16(3)34)31-23-18-11-21(36(35)9-7-28-8-10-36)29-12-20(18)32-15(2)33-23/h4-6,11-12,14,28H,7-10,13H2,1-3H3,(H,30,34)(H,31,32,33)/t14-/m1/s1. The average Bonchev–Trinajstić information content (AvgIpc) is 2.83. The second kappa shape index (κ2) is 10.1. The Hall–Kier alpha value is -3.04. The summed E-state index contributed by atoms with van der Waals surface area (Å²) < 4.78 is 58.0. The molecule has 0 aliphatic carbocycles. The number of rotatable bonds is 7. The molecule has 0 saturated carbocycles. The minimum atomic E-state index is -3.59. The first-order valence-electron chi connectivity index (χ1n) is 11.6. The van der Waals surface area contributed by atoms with E-state index in [2.05, 4.69) is 25.6 Å². The highest BCUT2D eigenvalue weighted by atomic mass is 31.2. The van der Waals surface area contributed by atoms with Gasteiger partial charge in [-0.1, -0.05) is 12.1 Å². The van der Waals surface area contributed by atoms with Gasteiger partial charge in [0.25, 0.3) is 5.92 Å². The molecule has 1 amide bonds. The number of benzene rings is 1. The molecular weight excluding hydrogens is 492 g/mol. The van der Waals surface area contributed by atoms with Gasteiger partial charge in [-0.25, -0.2) is 14.4 Å². The second-order valence-corrected chi connectivity index (χ2v) is 12.1. The molecule has 1 fully saturated rings. The van der Waals surface area contributed by atoms with E-state index in [0.717, 1.165) is 13.0 Å². The molecule has 1 saturated heterocycles. The maximum absolute atomic E-state index is 15.3. The predicted molar refractivity (Wildman–Crippen MR) is 133 cm³/mol. The summed E-state index contributed by atoms with van der Waals surface area (Å²) in [6.45, 7) is 4.73. The molecule has 1 aliphatic rings. The summed E-state index contributed by atoms with van der Waals surface area (Å²) >= 11 is 0. The minimum absolute atomic E-state index is 0.0137. The zero-order valence-corrected chi connectivity index (χ0v) is 21.1. The lowest BCUT2D eigenvalue weighted by Crippen LogP contribution is -2.34. The molecule has 1 atom stereocenters. The number of aryl methyl sites for hydroxylation is 1. The number of hydrogen-bond acceptors (Lipinski definition) is 7. The van der Waals surface area contributed by atoms with Gasteiger partial charge in [0.2, 0.25) is 5.91 Å². The van der Waals surface area contributed by atoms with E-state index in [1.54, 1.807) is 26.1 Å². The van der Waals surface area contributed by atoms with Crippen LogP contribution >= 0.6 is 7.14 Å². The Morgan fingerprint density at radius 1 is 1.25 bits per heavy atom. The van der Waals surface area contributed by atoms with Crippen molar-refractivity contribution in [3.05, 3.63) is 53.2 Å². The number of aromatic nitrogens is 3. The Bertz CT molecular complexity index is 1340. The van der Waals surface area contributed by atoms with Gasteiger partial charge in [-0.2, -0.15) is 8.78 Å². The summed E-state index contributed by atoms with van der Waals surface area (Å²) in [5.74, 6) is -4.48. The van der Waals surface area contributed by atoms with Crippen LogP contribution in [0.4, 0.5) is 19.0 Å². The SMILES string of the molecule is CC(=O)NCC(F)(F)c1cccc([C@@H](C)Nc2nc(C)nc3cnc(P4(=O)CCNCC4)cc23)c1F. The third kappa shape index (κ3) is 5.37. The third-order valence-corrected chi connectivity index (χ3v) is 9.17. The van der Waals surface area contributed by atoms with Crippen LogP contribution in [-0.2, 0) is 15.3 Å². The molecular formula is C24H28F3N6O2P. The van der Waals surface area contributed by atoms with Crippen LogP contribution in [0.1, 0.15) is 36.8 Å². The molecule has 3 N–H and O–H groups in total. The molecule has 0 bridgehead atoms. The molecule has 4 rings (SSSR count). The van der Waals surface area contributed by atoms with Crippen LogP contribution in [0.15, 0.2) is 30.5 Å². The van der Waals surface area contributed by atoms with Crippen molar-refractivity contribution in [1.82, 2.24) is 25.6 Å². The Labute approximate surface area is 206 Å². The van der Waals surface area contributed by atoms with Gasteiger partial charge in [-0.15, -0.1) is 0 Å². The maximum Gasteiger partial charge on any atom is 0.292 e. The van der Waals surface area contributed by atoms with E-state index < -0.39 is 42.9 Å². The quantitative estimate of drug-likeness (QED) is 0.410. The first kappa shape index (κ1) is 26.0. The fourth-order valence-corrected chi connectivity index (χ4v) is 6.59. The van der Waals surface area contributed by atoms with Crippen molar-refractivity contribution < 1.29 is 22.5 Å². The molecule has 36 heavy (non-hydrogen) atoms. The first-order chi connectivity index (χ1) is 17.0. The number of amides is 1. The number of fused-ring (bicyclic) bond motifs is 1. The Morgan fingerprint density at radius 3 is 2.67 bits per heavy atom. The highest BCUT2D eigenvalue weighted by molar-refractivity contribution is 7.71. The summed E-state index contributed by atoms with van der Waals surface area (Å²) in [6, 6.07) is 4.74. The normalized spacial score (nSPS) is 16.5. The van der Waals surface area contributed by atoms with Crippen molar-refractivity contribution in [3.63, 3.8) is 0 Å². The fraction of sp³-hybridized carbons (Fsp3) is 0.417. The molecule has 0 unspecified atom stereocenters. The number of nitrogens with one attached hydrogen (secondary N) is 3. The van der Waals surface area contributed by atoms with E-state index in [1.165, 1.54) is 12.1 Å². The van der Waals surface area contributed by atoms with E-state index in [-0.39, 0.29) is 5.56 Å². The summed E-state index contributed by atoms with van der Waals surface area (Å²) in [5.41, 5.74) is 0.227. The Morgan fingerprint density at radius 2 is 1.97 bits per heavy atom. The largest absolute Gasteiger partial charge is 0.363 e. The molecule has 1 aliphatic heterocycles. The van der Waals surface area contributed by atoms with Crippen molar-refractivity contribution in [2.24, 2.45) is 0 Å². The van der Waals surface area contributed by atoms with Crippen molar-refractivity contribution in [1.29, 1.82) is 0 Å². The summed E-state index contributed by atoms with van der Waals surface area (Å²) in [7, 11) is -2.67. The zero-order chi connectivity index (χ0) is 26.1. The highest BCUT2D eigenvalue weighted by Gasteiger charge is 2.36. The molecule has 8 nitrogen and oxygen atoms in total. The first-order valence-corrected chi connectivity index (χ1v) is 13.7. The summed E-state index contributed by atoms with van der Waals surface area (Å²) in [4.78, 5) is 24.4. The number of pyridine rings is 1. The number of nitrogens with zero attached hydrogens (tertiary/aromatic N) is 3. The number of hydrogen-bond donors (Lipinski definition) is 3. The predicted octanol–water partition coefficient (Wildman–Crippen LogP) is 3.46. The van der Waals surface area contributed by atoms with Crippen molar-refractivity contribution in [2.75, 3.05) is 37.3 Å². The van der Waals surface area contributed by atoms with E-state index >= 15 is 4.39 Å². The lowest BCUT2D eigenvalue weighted by atomic mass is 10.00. The highest BCUT2D eigenvalue weighted by Crippen LogP contribution is 2.44. The minimum Gasteiger partial charge on any atom is -0.363 e.